The number of aromatic nitrogens is 3. The molecule has 0 bridgehead atoms. The Balaban J connectivity index is 1.75. The second kappa shape index (κ2) is 6.66. The SMILES string of the molecule is CN(C)CCCNC(=O)c1cn[nH]c1-c1cc2ccccc2[nH]1. The van der Waals surface area contributed by atoms with Crippen LogP contribution in [0.1, 0.15) is 16.8 Å². The molecule has 3 N–H and O–H groups in total. The summed E-state index contributed by atoms with van der Waals surface area (Å²) in [7, 11) is 4.04. The third-order valence-corrected chi connectivity index (χ3v) is 3.75. The van der Waals surface area contributed by atoms with Gasteiger partial charge in [-0.25, -0.2) is 0 Å². The number of hydrogen-bond donors (Lipinski definition) is 3. The maximum atomic E-state index is 12.4. The predicted molar refractivity (Wildman–Crippen MR) is 91.4 cm³/mol. The summed E-state index contributed by atoms with van der Waals surface area (Å²) in [4.78, 5) is 17.8. The normalized spacial score (nSPS) is 11.3. The number of nitrogens with one attached hydrogen (secondary N) is 3. The number of aromatic amines is 2. The van der Waals surface area contributed by atoms with E-state index in [4.69, 9.17) is 0 Å². The van der Waals surface area contributed by atoms with Crippen LogP contribution in [0.4, 0.5) is 0 Å². The Morgan fingerprint density at radius 3 is 2.91 bits per heavy atom. The number of para-hydroxylation sites is 1. The molecule has 0 aliphatic heterocycles. The summed E-state index contributed by atoms with van der Waals surface area (Å²) in [5, 5.41) is 11.0. The van der Waals surface area contributed by atoms with Gasteiger partial charge in [0.2, 0.25) is 0 Å². The minimum atomic E-state index is -0.105. The number of benzene rings is 1. The van der Waals surface area contributed by atoms with Crippen molar-refractivity contribution in [1.82, 2.24) is 25.4 Å². The van der Waals surface area contributed by atoms with Gasteiger partial charge in [0.05, 0.1) is 23.1 Å². The fraction of sp³-hybridized carbons (Fsp3) is 0.294. The molecule has 0 unspecified atom stereocenters. The minimum absolute atomic E-state index is 0.105. The van der Waals surface area contributed by atoms with Crippen molar-refractivity contribution in [1.29, 1.82) is 0 Å². The number of carbonyl (C=O) groups excluding carboxylic acids is 1. The summed E-state index contributed by atoms with van der Waals surface area (Å²) in [5.41, 5.74) is 3.17. The molecule has 0 fully saturated rings. The highest BCUT2D eigenvalue weighted by Gasteiger charge is 2.16. The second-order valence-electron chi connectivity index (χ2n) is 5.84. The highest BCUT2D eigenvalue weighted by atomic mass is 16.1. The Morgan fingerprint density at radius 2 is 2.13 bits per heavy atom. The van der Waals surface area contributed by atoms with E-state index in [1.54, 1.807) is 6.20 Å². The van der Waals surface area contributed by atoms with E-state index in [1.807, 2.05) is 44.4 Å². The molecular weight excluding hydrogens is 290 g/mol. The van der Waals surface area contributed by atoms with Gasteiger partial charge in [-0.1, -0.05) is 18.2 Å². The lowest BCUT2D eigenvalue weighted by Gasteiger charge is -2.09. The Hall–Kier alpha value is -2.60. The van der Waals surface area contributed by atoms with Gasteiger partial charge in [0.15, 0.2) is 0 Å². The molecule has 0 saturated carbocycles. The van der Waals surface area contributed by atoms with Gasteiger partial charge in [-0.05, 0) is 39.2 Å². The molecule has 0 saturated heterocycles. The molecule has 6 nitrogen and oxygen atoms in total. The van der Waals surface area contributed by atoms with Gasteiger partial charge in [-0.3, -0.25) is 9.89 Å². The van der Waals surface area contributed by atoms with Gasteiger partial charge >= 0.3 is 0 Å². The quantitative estimate of drug-likeness (QED) is 0.611. The van der Waals surface area contributed by atoms with E-state index >= 15 is 0 Å². The molecule has 120 valence electrons. The number of H-pyrrole nitrogens is 2. The molecule has 0 spiro atoms. The summed E-state index contributed by atoms with van der Waals surface area (Å²) >= 11 is 0. The molecule has 3 rings (SSSR count). The molecule has 2 aromatic heterocycles. The first-order chi connectivity index (χ1) is 11.1. The van der Waals surface area contributed by atoms with Crippen LogP contribution in [0.3, 0.4) is 0 Å². The van der Waals surface area contributed by atoms with Crippen LogP contribution >= 0.6 is 0 Å². The van der Waals surface area contributed by atoms with Crippen LogP contribution in [0, 0.1) is 0 Å². The fourth-order valence-electron chi connectivity index (χ4n) is 2.56. The van der Waals surface area contributed by atoms with Crippen LogP contribution in [0.2, 0.25) is 0 Å². The summed E-state index contributed by atoms with van der Waals surface area (Å²) in [6, 6.07) is 10.0. The van der Waals surface area contributed by atoms with Crippen molar-refractivity contribution in [2.45, 2.75) is 6.42 Å². The zero-order valence-corrected chi connectivity index (χ0v) is 13.4. The Bertz CT molecular complexity index is 769. The van der Waals surface area contributed by atoms with Crippen molar-refractivity contribution in [2.75, 3.05) is 27.2 Å². The Labute approximate surface area is 134 Å². The number of amides is 1. The third-order valence-electron chi connectivity index (χ3n) is 3.75. The second-order valence-corrected chi connectivity index (χ2v) is 5.84. The van der Waals surface area contributed by atoms with Crippen LogP contribution in [0.5, 0.6) is 0 Å². The first kappa shape index (κ1) is 15.3. The number of rotatable bonds is 6. The highest BCUT2D eigenvalue weighted by Crippen LogP contribution is 2.24. The van der Waals surface area contributed by atoms with Crippen LogP contribution in [0.25, 0.3) is 22.3 Å². The molecule has 6 heteroatoms. The zero-order valence-electron chi connectivity index (χ0n) is 13.4. The molecule has 1 aromatic carbocycles. The van der Waals surface area contributed by atoms with Gasteiger partial charge in [0, 0.05) is 17.4 Å². The number of carbonyl (C=O) groups is 1. The summed E-state index contributed by atoms with van der Waals surface area (Å²) in [6.45, 7) is 1.59. The minimum Gasteiger partial charge on any atom is -0.353 e. The van der Waals surface area contributed by atoms with Crippen LogP contribution in [0.15, 0.2) is 36.5 Å². The molecule has 0 aliphatic rings. The topological polar surface area (TPSA) is 76.8 Å². The predicted octanol–water partition coefficient (Wildman–Crippen LogP) is 2.24. The summed E-state index contributed by atoms with van der Waals surface area (Å²) in [6.07, 6.45) is 2.49. The van der Waals surface area contributed by atoms with Gasteiger partial charge in [0.25, 0.3) is 5.91 Å². The van der Waals surface area contributed by atoms with Gasteiger partial charge in [-0.2, -0.15) is 5.10 Å². The highest BCUT2D eigenvalue weighted by molar-refractivity contribution is 6.00. The van der Waals surface area contributed by atoms with Crippen LogP contribution in [-0.2, 0) is 0 Å². The molecule has 0 atom stereocenters. The van der Waals surface area contributed by atoms with Crippen LogP contribution < -0.4 is 5.32 Å². The van der Waals surface area contributed by atoms with Gasteiger partial charge in [0.1, 0.15) is 0 Å². The van der Waals surface area contributed by atoms with Crippen molar-refractivity contribution in [3.05, 3.63) is 42.1 Å². The van der Waals surface area contributed by atoms with E-state index in [1.165, 1.54) is 0 Å². The van der Waals surface area contributed by atoms with E-state index in [2.05, 4.69) is 25.4 Å². The average Bonchev–Trinajstić information content (AvgIpc) is 3.16. The standard InChI is InChI=1S/C17H21N5O/c1-22(2)9-5-8-18-17(23)13-11-19-21-16(13)15-10-12-6-3-4-7-14(12)20-15/h3-4,6-7,10-11,20H,5,8-9H2,1-2H3,(H,18,23)(H,19,21). The first-order valence-corrected chi connectivity index (χ1v) is 7.69. The molecule has 0 radical (unpaired) electrons. The molecule has 1 amide bonds. The molecule has 3 aromatic rings. The number of nitrogens with zero attached hydrogens (tertiary/aromatic N) is 2. The van der Waals surface area contributed by atoms with E-state index in [0.717, 1.165) is 29.6 Å². The van der Waals surface area contributed by atoms with Crippen LogP contribution in [-0.4, -0.2) is 53.2 Å². The summed E-state index contributed by atoms with van der Waals surface area (Å²) < 4.78 is 0. The maximum Gasteiger partial charge on any atom is 0.255 e. The molecule has 2 heterocycles. The van der Waals surface area contributed by atoms with Gasteiger partial charge in [-0.15, -0.1) is 0 Å². The smallest absolute Gasteiger partial charge is 0.255 e. The van der Waals surface area contributed by atoms with E-state index in [9.17, 15) is 4.79 Å². The zero-order chi connectivity index (χ0) is 16.2. The van der Waals surface area contributed by atoms with Crippen molar-refractivity contribution in [3.8, 4) is 11.4 Å². The molecular formula is C17H21N5O. The monoisotopic (exact) mass is 311 g/mol. The van der Waals surface area contributed by atoms with Crippen molar-refractivity contribution < 1.29 is 4.79 Å². The Morgan fingerprint density at radius 1 is 1.30 bits per heavy atom. The Kier molecular flexibility index (Phi) is 4.43. The lowest BCUT2D eigenvalue weighted by atomic mass is 10.1. The van der Waals surface area contributed by atoms with Crippen molar-refractivity contribution >= 4 is 16.8 Å². The number of fused-ring (bicyclic) bond motifs is 1. The third kappa shape index (κ3) is 3.43. The van der Waals surface area contributed by atoms with Crippen molar-refractivity contribution in [2.24, 2.45) is 0 Å². The average molecular weight is 311 g/mol. The van der Waals surface area contributed by atoms with E-state index < -0.39 is 0 Å². The molecule has 0 aliphatic carbocycles. The first-order valence-electron chi connectivity index (χ1n) is 7.69. The fourth-order valence-corrected chi connectivity index (χ4v) is 2.56. The lowest BCUT2D eigenvalue weighted by molar-refractivity contribution is 0.0953. The number of hydrogen-bond acceptors (Lipinski definition) is 3. The van der Waals surface area contributed by atoms with E-state index in [0.29, 0.717) is 17.8 Å². The van der Waals surface area contributed by atoms with Crippen molar-refractivity contribution in [3.63, 3.8) is 0 Å². The lowest BCUT2D eigenvalue weighted by Crippen LogP contribution is -2.27. The molecule has 23 heavy (non-hydrogen) atoms. The summed E-state index contributed by atoms with van der Waals surface area (Å²) in [5.74, 6) is -0.105. The van der Waals surface area contributed by atoms with Gasteiger partial charge < -0.3 is 15.2 Å². The largest absolute Gasteiger partial charge is 0.353 e. The van der Waals surface area contributed by atoms with E-state index in [-0.39, 0.29) is 5.91 Å². The maximum absolute atomic E-state index is 12.4.